The molecule has 0 saturated carbocycles. The van der Waals surface area contributed by atoms with Gasteiger partial charge < -0.3 is 14.2 Å². The van der Waals surface area contributed by atoms with Gasteiger partial charge in [-0.3, -0.25) is 9.59 Å². The van der Waals surface area contributed by atoms with Crippen molar-refractivity contribution in [3.05, 3.63) is 58.4 Å². The summed E-state index contributed by atoms with van der Waals surface area (Å²) in [5.74, 6) is 0.218. The van der Waals surface area contributed by atoms with Crippen LogP contribution in [-0.4, -0.2) is 49.5 Å². The summed E-state index contributed by atoms with van der Waals surface area (Å²) in [7, 11) is 0. The fourth-order valence-electron chi connectivity index (χ4n) is 3.66. The fourth-order valence-corrected chi connectivity index (χ4v) is 3.66. The van der Waals surface area contributed by atoms with Crippen molar-refractivity contribution < 1.29 is 9.53 Å². The number of hydrogen-bond donors (Lipinski definition) is 0. The highest BCUT2D eigenvalue weighted by Gasteiger charge is 2.28. The predicted molar refractivity (Wildman–Crippen MR) is 108 cm³/mol. The van der Waals surface area contributed by atoms with Crippen LogP contribution in [0.4, 0.5) is 0 Å². The zero-order valence-corrected chi connectivity index (χ0v) is 16.5. The highest BCUT2D eigenvalue weighted by molar-refractivity contribution is 5.97. The molecule has 0 N–H and O–H groups in total. The van der Waals surface area contributed by atoms with Gasteiger partial charge in [-0.25, -0.2) is 15.0 Å². The number of carbonyl (C=O) groups excluding carboxylic acids is 1. The van der Waals surface area contributed by atoms with E-state index in [-0.39, 0.29) is 23.0 Å². The van der Waals surface area contributed by atoms with Gasteiger partial charge in [0.15, 0.2) is 0 Å². The Labute approximate surface area is 168 Å². The van der Waals surface area contributed by atoms with Crippen LogP contribution in [0.2, 0.25) is 0 Å². The van der Waals surface area contributed by atoms with Gasteiger partial charge in [0.25, 0.3) is 5.91 Å². The van der Waals surface area contributed by atoms with E-state index < -0.39 is 0 Å². The molecule has 8 heteroatoms. The minimum atomic E-state index is -0.277. The van der Waals surface area contributed by atoms with E-state index in [2.05, 4.69) is 15.0 Å². The summed E-state index contributed by atoms with van der Waals surface area (Å²) in [5.41, 5.74) is 1.34. The molecule has 1 atom stereocenters. The quantitative estimate of drug-likeness (QED) is 0.675. The molecule has 0 aromatic carbocycles. The first-order valence-corrected chi connectivity index (χ1v) is 9.79. The van der Waals surface area contributed by atoms with Crippen LogP contribution in [0.3, 0.4) is 0 Å². The Kier molecular flexibility index (Phi) is 5.24. The van der Waals surface area contributed by atoms with Crippen LogP contribution in [0, 0.1) is 6.92 Å². The summed E-state index contributed by atoms with van der Waals surface area (Å²) in [6.07, 6.45) is 6.14. The average molecular weight is 393 g/mol. The lowest BCUT2D eigenvalue weighted by Gasteiger charge is -2.32. The van der Waals surface area contributed by atoms with Gasteiger partial charge in [0, 0.05) is 37.2 Å². The number of aromatic nitrogens is 4. The second kappa shape index (κ2) is 7.98. The number of piperidine rings is 1. The van der Waals surface area contributed by atoms with Crippen LogP contribution in [0.1, 0.15) is 35.8 Å². The first-order valence-electron chi connectivity index (χ1n) is 9.79. The second-order valence-corrected chi connectivity index (χ2v) is 7.16. The molecule has 0 spiro atoms. The van der Waals surface area contributed by atoms with Crippen molar-refractivity contribution >= 4 is 16.9 Å². The van der Waals surface area contributed by atoms with E-state index in [1.54, 1.807) is 35.5 Å². The molecule has 1 aliphatic rings. The van der Waals surface area contributed by atoms with E-state index in [0.717, 1.165) is 18.5 Å². The maximum Gasteiger partial charge on any atom is 0.259 e. The summed E-state index contributed by atoms with van der Waals surface area (Å²) >= 11 is 0. The largest absolute Gasteiger partial charge is 0.472 e. The number of carbonyl (C=O) groups is 1. The molecular formula is C21H23N5O3. The summed E-state index contributed by atoms with van der Waals surface area (Å²) in [5, 5.41) is 0.467. The number of amides is 1. The molecule has 1 fully saturated rings. The maximum absolute atomic E-state index is 13.2. The molecule has 1 saturated heterocycles. The van der Waals surface area contributed by atoms with Gasteiger partial charge in [0.2, 0.25) is 11.3 Å². The minimum absolute atomic E-state index is 0.166. The van der Waals surface area contributed by atoms with E-state index in [4.69, 9.17) is 4.74 Å². The third kappa shape index (κ3) is 3.83. The van der Waals surface area contributed by atoms with Gasteiger partial charge in [-0.05, 0) is 38.8 Å². The van der Waals surface area contributed by atoms with E-state index >= 15 is 0 Å². The van der Waals surface area contributed by atoms with Crippen molar-refractivity contribution in [3.8, 4) is 5.88 Å². The predicted octanol–water partition coefficient (Wildman–Crippen LogP) is 2.20. The highest BCUT2D eigenvalue weighted by atomic mass is 16.5. The molecular weight excluding hydrogens is 370 g/mol. The third-order valence-corrected chi connectivity index (χ3v) is 5.14. The number of pyridine rings is 2. The first-order chi connectivity index (χ1) is 14.1. The molecule has 4 rings (SSSR count). The Bertz CT molecular complexity index is 1100. The number of aryl methyl sites for hydroxylation is 2. The van der Waals surface area contributed by atoms with Gasteiger partial charge >= 0.3 is 0 Å². The van der Waals surface area contributed by atoms with E-state index in [0.29, 0.717) is 36.5 Å². The van der Waals surface area contributed by atoms with Gasteiger partial charge in [-0.15, -0.1) is 0 Å². The Morgan fingerprint density at radius 2 is 2.17 bits per heavy atom. The molecule has 0 unspecified atom stereocenters. The monoisotopic (exact) mass is 393 g/mol. The minimum Gasteiger partial charge on any atom is -0.472 e. The fraction of sp³-hybridized carbons (Fsp3) is 0.381. The molecule has 150 valence electrons. The average Bonchev–Trinajstić information content (AvgIpc) is 2.74. The summed E-state index contributed by atoms with van der Waals surface area (Å²) in [6.45, 7) is 5.48. The van der Waals surface area contributed by atoms with Crippen molar-refractivity contribution in [2.45, 2.75) is 39.3 Å². The molecule has 0 aliphatic carbocycles. The van der Waals surface area contributed by atoms with Crippen LogP contribution >= 0.6 is 0 Å². The number of rotatable bonds is 4. The number of fused-ring (bicyclic) bond motifs is 1. The second-order valence-electron chi connectivity index (χ2n) is 7.16. The van der Waals surface area contributed by atoms with Gasteiger partial charge in [0.1, 0.15) is 23.6 Å². The van der Waals surface area contributed by atoms with Crippen molar-refractivity contribution in [1.29, 1.82) is 0 Å². The van der Waals surface area contributed by atoms with Crippen molar-refractivity contribution in [1.82, 2.24) is 24.4 Å². The Morgan fingerprint density at radius 1 is 1.31 bits per heavy atom. The Balaban J connectivity index is 1.62. The molecule has 1 aliphatic heterocycles. The third-order valence-electron chi connectivity index (χ3n) is 5.14. The zero-order chi connectivity index (χ0) is 20.4. The summed E-state index contributed by atoms with van der Waals surface area (Å²) in [4.78, 5) is 40.4. The van der Waals surface area contributed by atoms with E-state index in [1.807, 2.05) is 18.4 Å². The Morgan fingerprint density at radius 3 is 2.93 bits per heavy atom. The highest BCUT2D eigenvalue weighted by Crippen LogP contribution is 2.18. The normalized spacial score (nSPS) is 16.8. The van der Waals surface area contributed by atoms with Crippen LogP contribution in [0.25, 0.3) is 11.0 Å². The maximum atomic E-state index is 13.2. The molecule has 8 nitrogen and oxygen atoms in total. The lowest BCUT2D eigenvalue weighted by atomic mass is 10.1. The molecule has 29 heavy (non-hydrogen) atoms. The standard InChI is InChI=1S/C21H23N5O3/c1-3-25-12-17(19(27)16-7-6-14(2)24-20(16)25)21(28)26-10-4-5-15(11-26)29-18-8-9-22-13-23-18/h6-9,12-13,15H,3-5,10-11H2,1-2H3/t15-/m0/s1. The molecule has 3 aromatic rings. The van der Waals surface area contributed by atoms with Crippen molar-refractivity contribution in [3.63, 3.8) is 0 Å². The summed E-state index contributed by atoms with van der Waals surface area (Å²) < 4.78 is 7.75. The van der Waals surface area contributed by atoms with Gasteiger partial charge in [-0.1, -0.05) is 0 Å². The molecule has 3 aromatic heterocycles. The smallest absolute Gasteiger partial charge is 0.259 e. The van der Waals surface area contributed by atoms with Crippen LogP contribution in [-0.2, 0) is 6.54 Å². The lowest BCUT2D eigenvalue weighted by molar-refractivity contribution is 0.0525. The molecule has 0 bridgehead atoms. The molecule has 4 heterocycles. The van der Waals surface area contributed by atoms with E-state index in [9.17, 15) is 9.59 Å². The lowest BCUT2D eigenvalue weighted by Crippen LogP contribution is -2.45. The van der Waals surface area contributed by atoms with E-state index in [1.165, 1.54) is 6.33 Å². The van der Waals surface area contributed by atoms with Gasteiger partial charge in [0.05, 0.1) is 11.9 Å². The number of ether oxygens (including phenoxy) is 1. The van der Waals surface area contributed by atoms with Crippen LogP contribution in [0.5, 0.6) is 5.88 Å². The summed E-state index contributed by atoms with van der Waals surface area (Å²) in [6, 6.07) is 5.24. The van der Waals surface area contributed by atoms with Crippen molar-refractivity contribution in [2.24, 2.45) is 0 Å². The molecule has 1 amide bonds. The zero-order valence-electron chi connectivity index (χ0n) is 16.5. The van der Waals surface area contributed by atoms with Crippen LogP contribution < -0.4 is 10.2 Å². The number of nitrogens with zero attached hydrogens (tertiary/aromatic N) is 5. The molecule has 0 radical (unpaired) electrons. The van der Waals surface area contributed by atoms with Crippen molar-refractivity contribution in [2.75, 3.05) is 13.1 Å². The topological polar surface area (TPSA) is 90.2 Å². The SMILES string of the molecule is CCn1cc(C(=O)N2CCC[C@H](Oc3ccncn3)C2)c(=O)c2ccc(C)nc21. The number of likely N-dealkylation sites (tertiary alicyclic amines) is 1. The van der Waals surface area contributed by atoms with Crippen LogP contribution in [0.15, 0.2) is 41.7 Å². The first kappa shape index (κ1) is 19.0. The van der Waals surface area contributed by atoms with Gasteiger partial charge in [-0.2, -0.15) is 0 Å². The Hall–Kier alpha value is -3.29. The number of hydrogen-bond acceptors (Lipinski definition) is 6.